The molecule has 0 aliphatic carbocycles. The van der Waals surface area contributed by atoms with Crippen molar-refractivity contribution in [3.05, 3.63) is 466 Å². The van der Waals surface area contributed by atoms with E-state index in [9.17, 15) is 0 Å². The molecule has 20 aromatic carbocycles. The number of hydrogen-bond donors (Lipinski definition) is 0. The van der Waals surface area contributed by atoms with Gasteiger partial charge in [0, 0.05) is 103 Å². The largest absolute Gasteiger partial charge is 0.265 e. The summed E-state index contributed by atoms with van der Waals surface area (Å²) in [5.41, 5.74) is 33.4. The Morgan fingerprint density at radius 1 is 0.143 bits per heavy atom. The van der Waals surface area contributed by atoms with E-state index in [1.807, 2.05) is 123 Å². The first-order valence-corrected chi connectivity index (χ1v) is 51.1. The molecule has 0 aliphatic rings. The molecule has 7 heteroatoms. The minimum Gasteiger partial charge on any atom is -0.265 e. The molecule has 0 N–H and O–H groups in total. The summed E-state index contributed by atoms with van der Waals surface area (Å²) in [4.78, 5) is 30.4. The lowest BCUT2D eigenvalue weighted by molar-refractivity contribution is 0.591. The van der Waals surface area contributed by atoms with Gasteiger partial charge in [-0.15, -0.1) is 0 Å². The van der Waals surface area contributed by atoms with Crippen molar-refractivity contribution in [2.75, 3.05) is 0 Å². The van der Waals surface area contributed by atoms with Crippen molar-refractivity contribution in [3.8, 4) is 122 Å². The van der Waals surface area contributed by atoms with Gasteiger partial charge in [-0.2, -0.15) is 0 Å². The fourth-order valence-corrected chi connectivity index (χ4v) is 22.3. The lowest BCUT2D eigenvalue weighted by Crippen LogP contribution is -2.10. The zero-order valence-electron chi connectivity index (χ0n) is 85.2. The third-order valence-electron chi connectivity index (χ3n) is 30.2. The molecule has 27 rings (SSSR count). The van der Waals surface area contributed by atoms with Gasteiger partial charge in [0.1, 0.15) is 0 Å². The topological polar surface area (TPSA) is 90.2 Å². The quantitative estimate of drug-likeness (QED) is 0.119. The second kappa shape index (κ2) is 36.8. The molecule has 0 aliphatic heterocycles. The molecule has 706 valence electrons. The molecular weight excluding hydrogens is 1780 g/mol. The van der Waals surface area contributed by atoms with Crippen molar-refractivity contribution in [2.24, 2.45) is 0 Å². The summed E-state index contributed by atoms with van der Waals surface area (Å²) in [5.74, 6) is 0. The van der Waals surface area contributed by atoms with Crippen molar-refractivity contribution in [1.29, 1.82) is 0 Å². The molecule has 147 heavy (non-hydrogen) atoms. The monoisotopic (exact) mass is 1890 g/mol. The van der Waals surface area contributed by atoms with Crippen molar-refractivity contribution >= 4 is 129 Å². The molecule has 0 atom stereocenters. The van der Waals surface area contributed by atoms with Gasteiger partial charge in [-0.05, 0) is 359 Å². The van der Waals surface area contributed by atoms with E-state index in [1.165, 1.54) is 246 Å². The van der Waals surface area contributed by atoms with Crippen LogP contribution in [0.5, 0.6) is 0 Å². The smallest absolute Gasteiger partial charge is 0.0346 e. The predicted octanol–water partition coefficient (Wildman–Crippen LogP) is 37.9. The summed E-state index contributed by atoms with van der Waals surface area (Å²) in [5, 5.41) is 31.4. The van der Waals surface area contributed by atoms with Crippen LogP contribution in [0.4, 0.5) is 0 Å². The number of aromatic nitrogens is 7. The molecule has 7 aromatic heterocycles. The molecule has 27 aromatic rings. The van der Waals surface area contributed by atoms with E-state index in [0.717, 1.165) is 33.4 Å². The molecule has 0 spiro atoms. The van der Waals surface area contributed by atoms with E-state index in [0.29, 0.717) is 0 Å². The van der Waals surface area contributed by atoms with Crippen molar-refractivity contribution in [3.63, 3.8) is 0 Å². The maximum absolute atomic E-state index is 4.40. The Hall–Kier alpha value is -17.4. The second-order valence-electron chi connectivity index (χ2n) is 43.8. The van der Waals surface area contributed by atoms with Crippen LogP contribution in [-0.4, -0.2) is 34.9 Å². The summed E-state index contributed by atoms with van der Waals surface area (Å²) in [6.45, 7) is 29.6. The fourth-order valence-electron chi connectivity index (χ4n) is 22.3. The maximum Gasteiger partial charge on any atom is 0.0346 e. The number of rotatable bonds is 11. The van der Waals surface area contributed by atoms with Gasteiger partial charge < -0.3 is 0 Å². The highest BCUT2D eigenvalue weighted by molar-refractivity contribution is 6.33. The summed E-state index contributed by atoms with van der Waals surface area (Å²) >= 11 is 0. The molecule has 7 nitrogen and oxygen atoms in total. The maximum atomic E-state index is 4.40. The van der Waals surface area contributed by atoms with Crippen molar-refractivity contribution in [2.45, 2.75) is 112 Å². The second-order valence-corrected chi connectivity index (χ2v) is 43.8. The molecule has 0 bridgehead atoms. The molecule has 0 amide bonds. The minimum absolute atomic E-state index is 0.0762. The van der Waals surface area contributed by atoms with E-state index < -0.39 is 0 Å². The van der Waals surface area contributed by atoms with E-state index >= 15 is 0 Å². The van der Waals surface area contributed by atoms with Gasteiger partial charge in [0.05, 0.1) is 0 Å². The Morgan fingerprint density at radius 3 is 0.510 bits per heavy atom. The van der Waals surface area contributed by atoms with E-state index in [4.69, 9.17) is 0 Å². The number of hydrogen-bond acceptors (Lipinski definition) is 7. The van der Waals surface area contributed by atoms with Gasteiger partial charge >= 0.3 is 0 Å². The van der Waals surface area contributed by atoms with Crippen LogP contribution in [0.1, 0.15) is 111 Å². The lowest BCUT2D eigenvalue weighted by atomic mass is 9.81. The fraction of sp³-hybridized carbons (Fsp3) is 0.121. The van der Waals surface area contributed by atoms with Crippen molar-refractivity contribution in [1.82, 2.24) is 34.9 Å². The lowest BCUT2D eigenvalue weighted by Gasteiger charge is -2.23. The van der Waals surface area contributed by atoms with E-state index in [-0.39, 0.29) is 21.7 Å². The first-order chi connectivity index (χ1) is 71.3. The molecule has 0 fully saturated rings. The number of nitrogens with zero attached hydrogens (tertiary/aromatic N) is 7. The van der Waals surface area contributed by atoms with Crippen LogP contribution < -0.4 is 0 Å². The summed E-state index contributed by atoms with van der Waals surface area (Å²) in [7, 11) is 0. The van der Waals surface area contributed by atoms with Crippen LogP contribution in [0.3, 0.4) is 0 Å². The van der Waals surface area contributed by atoms with Crippen LogP contribution in [0, 0.1) is 6.92 Å². The molecule has 0 saturated heterocycles. The summed E-state index contributed by atoms with van der Waals surface area (Å²) < 4.78 is 0. The summed E-state index contributed by atoms with van der Waals surface area (Å²) in [6, 6.07) is 130. The van der Waals surface area contributed by atoms with Crippen LogP contribution in [-0.2, 0) is 21.7 Å². The Balaban J connectivity index is 0.000000106. The normalized spacial score (nSPS) is 12.1. The third-order valence-corrected chi connectivity index (χ3v) is 30.2. The van der Waals surface area contributed by atoms with Crippen LogP contribution >= 0.6 is 0 Å². The highest BCUT2D eigenvalue weighted by Gasteiger charge is 2.28. The number of pyridine rings is 7. The van der Waals surface area contributed by atoms with Gasteiger partial charge in [0.15, 0.2) is 0 Å². The predicted molar refractivity (Wildman–Crippen MR) is 624 cm³/mol. The molecule has 0 unspecified atom stereocenters. The molecule has 0 saturated carbocycles. The zero-order chi connectivity index (χ0) is 100. The van der Waals surface area contributed by atoms with Gasteiger partial charge in [0.25, 0.3) is 0 Å². The van der Waals surface area contributed by atoms with Crippen molar-refractivity contribution < 1.29 is 0 Å². The SMILES string of the molecule is CC(C)(C)c1cc2ccc3c(-c4ccc(-c5cccnc5)cc4)cc(-c4ccc(-c5cccnc5)cc4)c4ccc(c1)c2c34.CC(C)(C)c1cc2ccc3c(-c4cccnc4)cc(-c4cccnc4)c4ccc(c1)c2c34.CC(C)(C)c1cc2ccc3c(-c4ccncc4)cc(-c4cccnc4)c4ccc(c1)c2c34.Cc1ccc(-c2cc(-c3ccc(-c4cccnc4)cc3)c3ccc4cc(C(C)(C)C)cc5ccc2c3c54)cc1. The minimum atomic E-state index is 0.0762. The van der Waals surface area contributed by atoms with Crippen LogP contribution in [0.15, 0.2) is 439 Å². The Kier molecular flexibility index (Phi) is 23.0. The molecule has 7 heterocycles. The third kappa shape index (κ3) is 17.2. The Bertz CT molecular complexity index is 8960. The average molecular weight is 1890 g/mol. The zero-order valence-corrected chi connectivity index (χ0v) is 85.2. The first-order valence-electron chi connectivity index (χ1n) is 51.1. The van der Waals surface area contributed by atoms with E-state index in [2.05, 4.69) is 440 Å². The van der Waals surface area contributed by atoms with Crippen LogP contribution in [0.2, 0.25) is 0 Å². The average Bonchev–Trinajstić information content (AvgIpc) is 0.735. The van der Waals surface area contributed by atoms with Gasteiger partial charge in [0.2, 0.25) is 0 Å². The highest BCUT2D eigenvalue weighted by Crippen LogP contribution is 2.53. The Labute approximate surface area is 858 Å². The first kappa shape index (κ1) is 92.0. The molecular formula is C140H111N7. The van der Waals surface area contributed by atoms with E-state index in [1.54, 1.807) is 0 Å². The van der Waals surface area contributed by atoms with Crippen LogP contribution in [0.25, 0.3) is 252 Å². The summed E-state index contributed by atoms with van der Waals surface area (Å²) in [6.07, 6.45) is 26.3. The Morgan fingerprint density at radius 2 is 0.320 bits per heavy atom. The highest BCUT2D eigenvalue weighted by atomic mass is 14.6. The molecule has 0 radical (unpaired) electrons. The standard InChI is InChI=1S/C42H32N2.C38H31N.2C30H24N2/c1-42(2,3)35-22-31-16-18-36-38(29-12-8-27(9-13-29)33-6-4-20-43-25-33)24-39(37-19-17-32(23-35)40(31)41(36)37)30-14-10-28(11-15-30)34-7-5-21-44-26-34;1-24-7-9-26(10-8-24)34-22-35(27-13-11-25(12-14-27)30-6-5-19-39-23-30)33-18-16-29-21-31(38(2,3)4)20-28-15-17-32(34)37(33)36(28)29;1-30(2,3)23-14-19-8-10-24-26(21-6-4-12-31-17-21)16-27(22-7-5-13-32-18-22)25-11-9-20(15-23)28(19)29(24)25;1-30(2,3)23-15-20-6-8-24-26(19-10-13-31-14-11-19)17-27(22-5-4-12-32-18-22)25-9-7-21(16-23)28(20)29(24)25/h4-26H,1-3H3;5-23H,1-4H3;2*4-18H,1-3H3. The van der Waals surface area contributed by atoms with Gasteiger partial charge in [-0.25, -0.2) is 0 Å². The van der Waals surface area contributed by atoms with Gasteiger partial charge in [-0.3, -0.25) is 34.9 Å². The number of aryl methyl sites for hydroxylation is 1. The number of benzene rings is 20. The van der Waals surface area contributed by atoms with Gasteiger partial charge in [-0.1, -0.05) is 368 Å².